The smallest absolute Gasteiger partial charge is 0.0923 e. The summed E-state index contributed by atoms with van der Waals surface area (Å²) in [5, 5.41) is 10.6. The van der Waals surface area contributed by atoms with Crippen LogP contribution in [0.5, 0.6) is 0 Å². The molecule has 1 aliphatic rings. The van der Waals surface area contributed by atoms with Crippen molar-refractivity contribution < 1.29 is 5.11 Å². The number of rotatable bonds is 10. The van der Waals surface area contributed by atoms with Gasteiger partial charge in [0.05, 0.1) is 5.60 Å². The Morgan fingerprint density at radius 1 is 1.18 bits per heavy atom. The summed E-state index contributed by atoms with van der Waals surface area (Å²) in [4.78, 5) is 2.41. The molecule has 102 valence electrons. The monoisotopic (exact) mass is 242 g/mol. The third kappa shape index (κ3) is 4.94. The SMILES string of the molecule is CCCCN(CCCC)CC(O)(CN)C1CC1. The molecule has 17 heavy (non-hydrogen) atoms. The van der Waals surface area contributed by atoms with E-state index in [9.17, 15) is 5.11 Å². The molecule has 0 aromatic rings. The third-order valence-corrected chi connectivity index (χ3v) is 3.84. The van der Waals surface area contributed by atoms with Crippen molar-refractivity contribution in [2.75, 3.05) is 26.2 Å². The Balaban J connectivity index is 2.43. The van der Waals surface area contributed by atoms with Crippen molar-refractivity contribution in [3.8, 4) is 0 Å². The largest absolute Gasteiger partial charge is 0.387 e. The molecule has 1 saturated carbocycles. The molecule has 0 aromatic carbocycles. The second kappa shape index (κ2) is 7.34. The molecular weight excluding hydrogens is 212 g/mol. The van der Waals surface area contributed by atoms with Crippen LogP contribution in [0.4, 0.5) is 0 Å². The fourth-order valence-electron chi connectivity index (χ4n) is 2.40. The molecule has 3 heteroatoms. The number of hydrogen-bond donors (Lipinski definition) is 2. The Kier molecular flexibility index (Phi) is 6.45. The van der Waals surface area contributed by atoms with Crippen LogP contribution in [0.2, 0.25) is 0 Å². The van der Waals surface area contributed by atoms with Crippen molar-refractivity contribution in [3.05, 3.63) is 0 Å². The molecule has 1 unspecified atom stereocenters. The Morgan fingerprint density at radius 3 is 2.06 bits per heavy atom. The summed E-state index contributed by atoms with van der Waals surface area (Å²) < 4.78 is 0. The van der Waals surface area contributed by atoms with E-state index in [-0.39, 0.29) is 0 Å². The van der Waals surface area contributed by atoms with Crippen LogP contribution >= 0.6 is 0 Å². The highest BCUT2D eigenvalue weighted by atomic mass is 16.3. The topological polar surface area (TPSA) is 49.5 Å². The maximum atomic E-state index is 10.6. The van der Waals surface area contributed by atoms with Crippen LogP contribution in [0.1, 0.15) is 52.4 Å². The van der Waals surface area contributed by atoms with E-state index in [0.29, 0.717) is 12.5 Å². The van der Waals surface area contributed by atoms with Crippen molar-refractivity contribution in [1.29, 1.82) is 0 Å². The van der Waals surface area contributed by atoms with Gasteiger partial charge in [0.1, 0.15) is 0 Å². The van der Waals surface area contributed by atoms with Crippen LogP contribution in [0.15, 0.2) is 0 Å². The first kappa shape index (κ1) is 14.9. The van der Waals surface area contributed by atoms with Crippen LogP contribution in [0, 0.1) is 5.92 Å². The van der Waals surface area contributed by atoms with E-state index >= 15 is 0 Å². The summed E-state index contributed by atoms with van der Waals surface area (Å²) in [5.41, 5.74) is 5.15. The first-order valence-corrected chi connectivity index (χ1v) is 7.31. The van der Waals surface area contributed by atoms with Gasteiger partial charge in [-0.25, -0.2) is 0 Å². The molecule has 0 aliphatic heterocycles. The molecule has 1 aliphatic carbocycles. The highest BCUT2D eigenvalue weighted by Gasteiger charge is 2.43. The summed E-state index contributed by atoms with van der Waals surface area (Å²) in [5.74, 6) is 0.457. The molecule has 1 rings (SSSR count). The number of nitrogens with zero attached hydrogens (tertiary/aromatic N) is 1. The maximum absolute atomic E-state index is 10.6. The number of nitrogens with two attached hydrogens (primary N) is 1. The average molecular weight is 242 g/mol. The summed E-state index contributed by atoms with van der Waals surface area (Å²) in [6.45, 7) is 7.82. The predicted molar refractivity (Wildman–Crippen MR) is 73.0 cm³/mol. The van der Waals surface area contributed by atoms with Crippen molar-refractivity contribution >= 4 is 0 Å². The lowest BCUT2D eigenvalue weighted by molar-refractivity contribution is -0.00888. The molecule has 0 spiro atoms. The van der Waals surface area contributed by atoms with Crippen LogP contribution in [0.25, 0.3) is 0 Å². The highest BCUT2D eigenvalue weighted by molar-refractivity contribution is 4.97. The summed E-state index contributed by atoms with van der Waals surface area (Å²) in [6.07, 6.45) is 7.18. The molecule has 1 fully saturated rings. The van der Waals surface area contributed by atoms with E-state index in [1.54, 1.807) is 0 Å². The Bertz CT molecular complexity index is 198. The molecule has 0 aromatic heterocycles. The van der Waals surface area contributed by atoms with E-state index in [1.165, 1.54) is 25.7 Å². The van der Waals surface area contributed by atoms with Crippen molar-refractivity contribution in [1.82, 2.24) is 4.90 Å². The summed E-state index contributed by atoms with van der Waals surface area (Å²) >= 11 is 0. The molecule has 3 nitrogen and oxygen atoms in total. The minimum atomic E-state index is -0.624. The van der Waals surface area contributed by atoms with Gasteiger partial charge < -0.3 is 15.7 Å². The fourth-order valence-corrected chi connectivity index (χ4v) is 2.40. The quantitative estimate of drug-likeness (QED) is 0.616. The second-order valence-electron chi connectivity index (χ2n) is 5.57. The van der Waals surface area contributed by atoms with Gasteiger partial charge in [-0.2, -0.15) is 0 Å². The third-order valence-electron chi connectivity index (χ3n) is 3.84. The second-order valence-corrected chi connectivity index (χ2v) is 5.57. The van der Waals surface area contributed by atoms with Crippen LogP contribution in [0.3, 0.4) is 0 Å². The van der Waals surface area contributed by atoms with Gasteiger partial charge in [0, 0.05) is 13.1 Å². The number of aliphatic hydroxyl groups is 1. The molecule has 0 heterocycles. The zero-order valence-electron chi connectivity index (χ0n) is 11.6. The van der Waals surface area contributed by atoms with E-state index < -0.39 is 5.60 Å². The molecule has 0 bridgehead atoms. The standard InChI is InChI=1S/C14H30N2O/c1-3-5-9-16(10-6-4-2)12-14(17,11-15)13-7-8-13/h13,17H,3-12,15H2,1-2H3. The van der Waals surface area contributed by atoms with Crippen molar-refractivity contribution in [2.24, 2.45) is 11.7 Å². The minimum absolute atomic E-state index is 0.409. The average Bonchev–Trinajstić information content (AvgIpc) is 3.16. The van der Waals surface area contributed by atoms with Crippen molar-refractivity contribution in [2.45, 2.75) is 58.0 Å². The molecular formula is C14H30N2O. The van der Waals surface area contributed by atoms with Gasteiger partial charge in [0.2, 0.25) is 0 Å². The number of unbranched alkanes of at least 4 members (excludes halogenated alkanes) is 2. The molecule has 3 N–H and O–H groups in total. The maximum Gasteiger partial charge on any atom is 0.0923 e. The Morgan fingerprint density at radius 2 is 1.71 bits per heavy atom. The molecule has 1 atom stereocenters. The van der Waals surface area contributed by atoms with E-state index in [2.05, 4.69) is 18.7 Å². The lowest BCUT2D eigenvalue weighted by atomic mass is 9.97. The van der Waals surface area contributed by atoms with Gasteiger partial charge in [-0.3, -0.25) is 0 Å². The minimum Gasteiger partial charge on any atom is -0.387 e. The van der Waals surface area contributed by atoms with Crippen LogP contribution in [-0.4, -0.2) is 41.8 Å². The first-order valence-electron chi connectivity index (χ1n) is 7.31. The molecule has 0 radical (unpaired) electrons. The van der Waals surface area contributed by atoms with Gasteiger partial charge >= 0.3 is 0 Å². The Labute approximate surface area is 106 Å². The van der Waals surface area contributed by atoms with E-state index in [4.69, 9.17) is 5.73 Å². The number of hydrogen-bond acceptors (Lipinski definition) is 3. The zero-order chi connectivity index (χ0) is 12.7. The summed E-state index contributed by atoms with van der Waals surface area (Å²) in [6, 6.07) is 0. The normalized spacial score (nSPS) is 19.6. The van der Waals surface area contributed by atoms with E-state index in [1.807, 2.05) is 0 Å². The van der Waals surface area contributed by atoms with Gasteiger partial charge in [0.15, 0.2) is 0 Å². The van der Waals surface area contributed by atoms with Gasteiger partial charge in [-0.05, 0) is 44.7 Å². The lowest BCUT2D eigenvalue weighted by Crippen LogP contribution is -2.50. The van der Waals surface area contributed by atoms with Crippen LogP contribution in [-0.2, 0) is 0 Å². The molecule has 0 amide bonds. The Hall–Kier alpha value is -0.120. The van der Waals surface area contributed by atoms with Gasteiger partial charge in [-0.15, -0.1) is 0 Å². The van der Waals surface area contributed by atoms with Crippen LogP contribution < -0.4 is 5.73 Å². The fraction of sp³-hybridized carbons (Fsp3) is 1.00. The van der Waals surface area contributed by atoms with E-state index in [0.717, 1.165) is 32.5 Å². The zero-order valence-corrected chi connectivity index (χ0v) is 11.6. The van der Waals surface area contributed by atoms with Crippen molar-refractivity contribution in [3.63, 3.8) is 0 Å². The predicted octanol–water partition coefficient (Wildman–Crippen LogP) is 1.99. The lowest BCUT2D eigenvalue weighted by Gasteiger charge is -2.33. The van der Waals surface area contributed by atoms with Gasteiger partial charge in [-0.1, -0.05) is 26.7 Å². The van der Waals surface area contributed by atoms with Gasteiger partial charge in [0.25, 0.3) is 0 Å². The first-order chi connectivity index (χ1) is 8.16. The summed E-state index contributed by atoms with van der Waals surface area (Å²) in [7, 11) is 0. The molecule has 0 saturated heterocycles. The highest BCUT2D eigenvalue weighted by Crippen LogP contribution is 2.39.